The molecule has 3 rings (SSSR count). The van der Waals surface area contributed by atoms with E-state index in [0.717, 1.165) is 17.3 Å². The van der Waals surface area contributed by atoms with Gasteiger partial charge in [0.25, 0.3) is 5.22 Å². The standard InChI is InChI=1S/C17H13N3O4S/c21-14(18-13-9-5-4-8-12(13)16(22)23)10-25-17-20-19-15(24-17)11-6-2-1-3-7-11/h1-9H,10H2,(H,18,21)(H,22,23). The monoisotopic (exact) mass is 355 g/mol. The number of benzene rings is 2. The third kappa shape index (κ3) is 4.24. The molecule has 3 aromatic rings. The van der Waals surface area contributed by atoms with Gasteiger partial charge in [-0.15, -0.1) is 10.2 Å². The first-order valence-electron chi connectivity index (χ1n) is 7.27. The second kappa shape index (κ2) is 7.63. The lowest BCUT2D eigenvalue weighted by Gasteiger charge is -2.07. The third-order valence-electron chi connectivity index (χ3n) is 3.19. The van der Waals surface area contributed by atoms with Crippen LogP contribution in [0.3, 0.4) is 0 Å². The van der Waals surface area contributed by atoms with Crippen LogP contribution in [0, 0.1) is 0 Å². The van der Waals surface area contributed by atoms with Gasteiger partial charge >= 0.3 is 5.97 Å². The number of carboxylic acid groups (broad SMARTS) is 1. The number of hydrogen-bond donors (Lipinski definition) is 2. The van der Waals surface area contributed by atoms with Crippen LogP contribution in [0.15, 0.2) is 64.2 Å². The Balaban J connectivity index is 1.60. The summed E-state index contributed by atoms with van der Waals surface area (Å²) in [5.74, 6) is -1.07. The topological polar surface area (TPSA) is 105 Å². The van der Waals surface area contributed by atoms with Crippen LogP contribution in [0.2, 0.25) is 0 Å². The Labute approximate surface area is 147 Å². The van der Waals surface area contributed by atoms with E-state index < -0.39 is 5.97 Å². The number of nitrogens with one attached hydrogen (secondary N) is 1. The fourth-order valence-corrected chi connectivity index (χ4v) is 2.62. The number of aromatic nitrogens is 2. The quantitative estimate of drug-likeness (QED) is 0.654. The molecule has 25 heavy (non-hydrogen) atoms. The Bertz CT molecular complexity index is 896. The highest BCUT2D eigenvalue weighted by Gasteiger charge is 2.14. The van der Waals surface area contributed by atoms with Crippen molar-refractivity contribution in [3.63, 3.8) is 0 Å². The van der Waals surface area contributed by atoms with Gasteiger partial charge in [-0.05, 0) is 24.3 Å². The van der Waals surface area contributed by atoms with Crippen molar-refractivity contribution < 1.29 is 19.1 Å². The maximum Gasteiger partial charge on any atom is 0.337 e. The molecule has 0 bridgehead atoms. The van der Waals surface area contributed by atoms with Crippen molar-refractivity contribution in [1.82, 2.24) is 10.2 Å². The molecule has 0 saturated carbocycles. The van der Waals surface area contributed by atoms with Gasteiger partial charge in [0.15, 0.2) is 0 Å². The highest BCUT2D eigenvalue weighted by atomic mass is 32.2. The summed E-state index contributed by atoms with van der Waals surface area (Å²) < 4.78 is 5.50. The van der Waals surface area contributed by atoms with Gasteiger partial charge in [0, 0.05) is 5.56 Å². The number of thioether (sulfide) groups is 1. The summed E-state index contributed by atoms with van der Waals surface area (Å²) in [5, 5.41) is 19.8. The molecule has 7 nitrogen and oxygen atoms in total. The number of carbonyl (C=O) groups is 2. The second-order valence-electron chi connectivity index (χ2n) is 4.93. The zero-order chi connectivity index (χ0) is 17.6. The largest absolute Gasteiger partial charge is 0.478 e. The average Bonchev–Trinajstić information content (AvgIpc) is 3.10. The van der Waals surface area contributed by atoms with Crippen molar-refractivity contribution in [2.75, 3.05) is 11.1 Å². The van der Waals surface area contributed by atoms with Crippen LogP contribution < -0.4 is 5.32 Å². The van der Waals surface area contributed by atoms with E-state index in [1.807, 2.05) is 30.3 Å². The highest BCUT2D eigenvalue weighted by Crippen LogP contribution is 2.23. The van der Waals surface area contributed by atoms with Crippen molar-refractivity contribution in [2.24, 2.45) is 0 Å². The van der Waals surface area contributed by atoms with Gasteiger partial charge in [-0.1, -0.05) is 42.1 Å². The summed E-state index contributed by atoms with van der Waals surface area (Å²) in [7, 11) is 0. The fourth-order valence-electron chi connectivity index (χ4n) is 2.06. The van der Waals surface area contributed by atoms with Crippen molar-refractivity contribution in [3.8, 4) is 11.5 Å². The highest BCUT2D eigenvalue weighted by molar-refractivity contribution is 7.99. The van der Waals surface area contributed by atoms with Crippen molar-refractivity contribution >= 4 is 29.3 Å². The van der Waals surface area contributed by atoms with Crippen LogP contribution in [-0.2, 0) is 4.79 Å². The predicted octanol–water partition coefficient (Wildman–Crippen LogP) is 3.17. The number of carbonyl (C=O) groups excluding carboxylic acids is 1. The van der Waals surface area contributed by atoms with Gasteiger partial charge in [0.1, 0.15) is 0 Å². The van der Waals surface area contributed by atoms with E-state index in [9.17, 15) is 9.59 Å². The lowest BCUT2D eigenvalue weighted by Crippen LogP contribution is -2.16. The molecule has 1 heterocycles. The van der Waals surface area contributed by atoms with Crippen LogP contribution >= 0.6 is 11.8 Å². The Morgan fingerprint density at radius 1 is 1.04 bits per heavy atom. The molecule has 0 fully saturated rings. The molecule has 0 aliphatic heterocycles. The first-order valence-corrected chi connectivity index (χ1v) is 8.26. The SMILES string of the molecule is O=C(CSc1nnc(-c2ccccc2)o1)Nc1ccccc1C(=O)O. The summed E-state index contributed by atoms with van der Waals surface area (Å²) in [6, 6.07) is 15.5. The van der Waals surface area contributed by atoms with Gasteiger partial charge in [-0.25, -0.2) is 4.79 Å². The number of nitrogens with zero attached hydrogens (tertiary/aromatic N) is 2. The van der Waals surface area contributed by atoms with Gasteiger partial charge < -0.3 is 14.8 Å². The molecule has 1 amide bonds. The molecule has 0 spiro atoms. The number of aromatic carboxylic acids is 1. The first-order chi connectivity index (χ1) is 12.1. The van der Waals surface area contributed by atoms with Crippen LogP contribution in [0.1, 0.15) is 10.4 Å². The van der Waals surface area contributed by atoms with Gasteiger partial charge in [0.2, 0.25) is 11.8 Å². The number of carboxylic acids is 1. The summed E-state index contributed by atoms with van der Waals surface area (Å²) >= 11 is 1.08. The molecule has 0 saturated heterocycles. The second-order valence-corrected chi connectivity index (χ2v) is 5.85. The number of hydrogen-bond acceptors (Lipinski definition) is 6. The summed E-state index contributed by atoms with van der Waals surface area (Å²) in [6.45, 7) is 0. The molecule has 0 aliphatic rings. The van der Waals surface area contributed by atoms with E-state index in [4.69, 9.17) is 9.52 Å². The molecule has 126 valence electrons. The number of amides is 1. The van der Waals surface area contributed by atoms with Crippen molar-refractivity contribution in [2.45, 2.75) is 5.22 Å². The summed E-state index contributed by atoms with van der Waals surface area (Å²) in [4.78, 5) is 23.2. The molecule has 8 heteroatoms. The maximum atomic E-state index is 12.0. The van der Waals surface area contributed by atoms with Crippen LogP contribution in [0.4, 0.5) is 5.69 Å². The fraction of sp³-hybridized carbons (Fsp3) is 0.0588. The number of para-hydroxylation sites is 1. The minimum absolute atomic E-state index is 0.0182. The van der Waals surface area contributed by atoms with E-state index in [-0.39, 0.29) is 28.1 Å². The lowest BCUT2D eigenvalue weighted by atomic mass is 10.2. The molecular formula is C17H13N3O4S. The van der Waals surface area contributed by atoms with Crippen molar-refractivity contribution in [3.05, 3.63) is 60.2 Å². The Hall–Kier alpha value is -3.13. The molecular weight excluding hydrogens is 342 g/mol. The number of rotatable bonds is 6. The van der Waals surface area contributed by atoms with E-state index in [2.05, 4.69) is 15.5 Å². The van der Waals surface area contributed by atoms with E-state index in [1.165, 1.54) is 12.1 Å². The van der Waals surface area contributed by atoms with Gasteiger partial charge in [-0.3, -0.25) is 4.79 Å². The zero-order valence-corrected chi connectivity index (χ0v) is 13.7. The normalized spacial score (nSPS) is 10.4. The Morgan fingerprint density at radius 2 is 1.76 bits per heavy atom. The minimum Gasteiger partial charge on any atom is -0.478 e. The van der Waals surface area contributed by atoms with E-state index in [0.29, 0.717) is 5.89 Å². The smallest absolute Gasteiger partial charge is 0.337 e. The third-order valence-corrected chi connectivity index (χ3v) is 4.00. The molecule has 0 radical (unpaired) electrons. The maximum absolute atomic E-state index is 12.0. The molecule has 2 aromatic carbocycles. The molecule has 1 aromatic heterocycles. The van der Waals surface area contributed by atoms with E-state index in [1.54, 1.807) is 12.1 Å². The van der Waals surface area contributed by atoms with Crippen LogP contribution in [-0.4, -0.2) is 32.9 Å². The molecule has 2 N–H and O–H groups in total. The average molecular weight is 355 g/mol. The Kier molecular flexibility index (Phi) is 5.10. The minimum atomic E-state index is -1.10. The van der Waals surface area contributed by atoms with Crippen LogP contribution in [0.25, 0.3) is 11.5 Å². The predicted molar refractivity (Wildman–Crippen MR) is 92.5 cm³/mol. The van der Waals surface area contributed by atoms with Crippen molar-refractivity contribution in [1.29, 1.82) is 0 Å². The molecule has 0 unspecified atom stereocenters. The Morgan fingerprint density at radius 3 is 2.52 bits per heavy atom. The lowest BCUT2D eigenvalue weighted by molar-refractivity contribution is -0.113. The zero-order valence-electron chi connectivity index (χ0n) is 12.9. The first kappa shape index (κ1) is 16.7. The molecule has 0 atom stereocenters. The van der Waals surface area contributed by atoms with Crippen LogP contribution in [0.5, 0.6) is 0 Å². The van der Waals surface area contributed by atoms with Gasteiger partial charge in [0.05, 0.1) is 17.0 Å². The number of anilines is 1. The summed E-state index contributed by atoms with van der Waals surface area (Å²) in [5.41, 5.74) is 1.07. The molecule has 0 aliphatic carbocycles. The summed E-state index contributed by atoms with van der Waals surface area (Å²) in [6.07, 6.45) is 0. The van der Waals surface area contributed by atoms with Gasteiger partial charge in [-0.2, -0.15) is 0 Å². The van der Waals surface area contributed by atoms with E-state index >= 15 is 0 Å².